The molecular formula is C25H23NO4. The molecule has 0 saturated carbocycles. The fourth-order valence-corrected chi connectivity index (χ4v) is 4.04. The van der Waals surface area contributed by atoms with Gasteiger partial charge < -0.3 is 19.5 Å². The molecule has 0 radical (unpaired) electrons. The zero-order chi connectivity index (χ0) is 20.3. The Morgan fingerprint density at radius 3 is 2.40 bits per heavy atom. The van der Waals surface area contributed by atoms with Gasteiger partial charge in [-0.15, -0.1) is 0 Å². The predicted octanol–water partition coefficient (Wildman–Crippen LogP) is 5.12. The van der Waals surface area contributed by atoms with Gasteiger partial charge in [-0.2, -0.15) is 0 Å². The molecule has 0 spiro atoms. The monoisotopic (exact) mass is 401 g/mol. The molecule has 1 N–H and O–H groups in total. The molecule has 152 valence electrons. The number of rotatable bonds is 5. The van der Waals surface area contributed by atoms with Crippen LogP contribution in [-0.4, -0.2) is 25.2 Å². The van der Waals surface area contributed by atoms with Crippen LogP contribution in [0.15, 0.2) is 72.8 Å². The zero-order valence-electron chi connectivity index (χ0n) is 16.5. The lowest BCUT2D eigenvalue weighted by Gasteiger charge is -2.27. The van der Waals surface area contributed by atoms with E-state index in [1.165, 1.54) is 0 Å². The van der Waals surface area contributed by atoms with Gasteiger partial charge in [-0.05, 0) is 37.1 Å². The molecule has 1 fully saturated rings. The smallest absolute Gasteiger partial charge is 0.236 e. The molecule has 2 aliphatic heterocycles. The molecule has 2 heterocycles. The summed E-state index contributed by atoms with van der Waals surface area (Å²) in [7, 11) is 0. The number of hydrogen-bond donors (Lipinski definition) is 1. The molecule has 5 nitrogen and oxygen atoms in total. The first-order valence-corrected chi connectivity index (χ1v) is 10.3. The minimum absolute atomic E-state index is 0.102. The van der Waals surface area contributed by atoms with Crippen LogP contribution in [0.5, 0.6) is 17.2 Å². The number of nitrogens with one attached hydrogen (secondary N) is 1. The molecule has 2 aliphatic rings. The molecule has 0 aromatic heterocycles. The van der Waals surface area contributed by atoms with Crippen molar-refractivity contribution in [1.29, 1.82) is 0 Å². The van der Waals surface area contributed by atoms with E-state index in [9.17, 15) is 4.79 Å². The standard InChI is InChI=1S/C25H23NO4/c27-25(26-17-7-5-8-18(15-17)29-16-19-9-6-14-28-19)24-20-10-1-3-12-22(20)30-23-13-4-2-11-21(23)24/h1-5,7-8,10-13,15,19,24H,6,9,14,16H2,(H,26,27). The average molecular weight is 401 g/mol. The van der Waals surface area contributed by atoms with Crippen LogP contribution in [0.3, 0.4) is 0 Å². The molecule has 1 unspecified atom stereocenters. The van der Waals surface area contributed by atoms with E-state index in [1.54, 1.807) is 0 Å². The molecule has 30 heavy (non-hydrogen) atoms. The lowest BCUT2D eigenvalue weighted by Crippen LogP contribution is -2.25. The van der Waals surface area contributed by atoms with Gasteiger partial charge in [-0.1, -0.05) is 42.5 Å². The summed E-state index contributed by atoms with van der Waals surface area (Å²) in [6.45, 7) is 1.33. The van der Waals surface area contributed by atoms with Crippen LogP contribution >= 0.6 is 0 Å². The number of amides is 1. The highest BCUT2D eigenvalue weighted by Gasteiger charge is 2.32. The van der Waals surface area contributed by atoms with Crippen molar-refractivity contribution in [3.63, 3.8) is 0 Å². The number of para-hydroxylation sites is 2. The largest absolute Gasteiger partial charge is 0.491 e. The summed E-state index contributed by atoms with van der Waals surface area (Å²) in [6.07, 6.45) is 2.26. The molecule has 3 aromatic carbocycles. The molecule has 0 bridgehead atoms. The predicted molar refractivity (Wildman–Crippen MR) is 114 cm³/mol. The van der Waals surface area contributed by atoms with Gasteiger partial charge in [0, 0.05) is 29.5 Å². The van der Waals surface area contributed by atoms with Crippen molar-refractivity contribution in [2.24, 2.45) is 0 Å². The Morgan fingerprint density at radius 2 is 1.70 bits per heavy atom. The van der Waals surface area contributed by atoms with E-state index in [1.807, 2.05) is 72.8 Å². The van der Waals surface area contributed by atoms with Crippen molar-refractivity contribution >= 4 is 11.6 Å². The summed E-state index contributed by atoms with van der Waals surface area (Å²) in [5.41, 5.74) is 2.42. The second-order valence-corrected chi connectivity index (χ2v) is 7.57. The summed E-state index contributed by atoms with van der Waals surface area (Å²) in [5, 5.41) is 3.06. The Hall–Kier alpha value is -3.31. The van der Waals surface area contributed by atoms with Crippen molar-refractivity contribution in [3.05, 3.63) is 83.9 Å². The maximum atomic E-state index is 13.3. The third-order valence-corrected chi connectivity index (χ3v) is 5.50. The molecule has 1 amide bonds. The molecule has 5 rings (SSSR count). The van der Waals surface area contributed by atoms with Crippen molar-refractivity contribution in [3.8, 4) is 17.2 Å². The van der Waals surface area contributed by atoms with Crippen LogP contribution in [0.4, 0.5) is 5.69 Å². The number of anilines is 1. The van der Waals surface area contributed by atoms with Gasteiger partial charge in [0.2, 0.25) is 5.91 Å². The fraction of sp³-hybridized carbons (Fsp3) is 0.240. The molecule has 5 heteroatoms. The highest BCUT2D eigenvalue weighted by Crippen LogP contribution is 2.44. The normalized spacial score (nSPS) is 17.5. The van der Waals surface area contributed by atoms with Gasteiger partial charge in [0.1, 0.15) is 23.9 Å². The van der Waals surface area contributed by atoms with Crippen LogP contribution in [-0.2, 0) is 9.53 Å². The van der Waals surface area contributed by atoms with Gasteiger partial charge in [0.25, 0.3) is 0 Å². The lowest BCUT2D eigenvalue weighted by atomic mass is 9.87. The van der Waals surface area contributed by atoms with Crippen LogP contribution in [0.1, 0.15) is 29.9 Å². The minimum Gasteiger partial charge on any atom is -0.491 e. The summed E-state index contributed by atoms with van der Waals surface area (Å²) >= 11 is 0. The molecular weight excluding hydrogens is 378 g/mol. The molecule has 1 atom stereocenters. The summed E-state index contributed by atoms with van der Waals surface area (Å²) in [5.74, 6) is 1.60. The Labute approximate surface area is 175 Å². The highest BCUT2D eigenvalue weighted by atomic mass is 16.5. The second-order valence-electron chi connectivity index (χ2n) is 7.57. The van der Waals surface area contributed by atoms with Gasteiger partial charge in [0.15, 0.2) is 0 Å². The number of carbonyl (C=O) groups excluding carboxylic acids is 1. The lowest BCUT2D eigenvalue weighted by molar-refractivity contribution is -0.116. The van der Waals surface area contributed by atoms with E-state index in [-0.39, 0.29) is 12.0 Å². The van der Waals surface area contributed by atoms with Gasteiger partial charge in [0.05, 0.1) is 12.0 Å². The highest BCUT2D eigenvalue weighted by molar-refractivity contribution is 5.99. The SMILES string of the molecule is O=C(Nc1cccc(OCC2CCCO2)c1)C1c2ccccc2Oc2ccccc21. The van der Waals surface area contributed by atoms with E-state index in [0.717, 1.165) is 36.3 Å². The van der Waals surface area contributed by atoms with Gasteiger partial charge >= 0.3 is 0 Å². The van der Waals surface area contributed by atoms with Crippen LogP contribution < -0.4 is 14.8 Å². The number of carbonyl (C=O) groups is 1. The number of hydrogen-bond acceptors (Lipinski definition) is 4. The molecule has 1 saturated heterocycles. The van der Waals surface area contributed by atoms with Crippen molar-refractivity contribution in [2.75, 3.05) is 18.5 Å². The fourth-order valence-electron chi connectivity index (χ4n) is 4.04. The summed E-state index contributed by atoms with van der Waals surface area (Å²) in [4.78, 5) is 13.3. The van der Waals surface area contributed by atoms with Gasteiger partial charge in [-0.25, -0.2) is 0 Å². The number of ether oxygens (including phenoxy) is 3. The van der Waals surface area contributed by atoms with Crippen molar-refractivity contribution in [2.45, 2.75) is 24.9 Å². The van der Waals surface area contributed by atoms with E-state index in [0.29, 0.717) is 23.8 Å². The maximum absolute atomic E-state index is 13.3. The van der Waals surface area contributed by atoms with Crippen LogP contribution in [0.2, 0.25) is 0 Å². The van der Waals surface area contributed by atoms with Gasteiger partial charge in [-0.3, -0.25) is 4.79 Å². The molecule has 3 aromatic rings. The third-order valence-electron chi connectivity index (χ3n) is 5.50. The number of fused-ring (bicyclic) bond motifs is 2. The van der Waals surface area contributed by atoms with E-state index < -0.39 is 5.92 Å². The first-order valence-electron chi connectivity index (χ1n) is 10.3. The average Bonchev–Trinajstić information content (AvgIpc) is 3.30. The topological polar surface area (TPSA) is 56.8 Å². The maximum Gasteiger partial charge on any atom is 0.236 e. The Balaban J connectivity index is 1.36. The van der Waals surface area contributed by atoms with E-state index in [2.05, 4.69) is 5.32 Å². The Bertz CT molecular complexity index is 1010. The van der Waals surface area contributed by atoms with Crippen LogP contribution in [0.25, 0.3) is 0 Å². The van der Waals surface area contributed by atoms with E-state index >= 15 is 0 Å². The van der Waals surface area contributed by atoms with Crippen molar-refractivity contribution < 1.29 is 19.0 Å². The van der Waals surface area contributed by atoms with Crippen molar-refractivity contribution in [1.82, 2.24) is 0 Å². The summed E-state index contributed by atoms with van der Waals surface area (Å²) < 4.78 is 17.5. The Kier molecular flexibility index (Phi) is 5.11. The minimum atomic E-state index is -0.442. The first kappa shape index (κ1) is 18.7. The Morgan fingerprint density at radius 1 is 0.967 bits per heavy atom. The quantitative estimate of drug-likeness (QED) is 0.645. The third kappa shape index (κ3) is 3.76. The molecule has 0 aliphatic carbocycles. The first-order chi connectivity index (χ1) is 14.8. The van der Waals surface area contributed by atoms with Crippen LogP contribution in [0, 0.1) is 0 Å². The second kappa shape index (κ2) is 8.20. The summed E-state index contributed by atoms with van der Waals surface area (Å²) in [6, 6.07) is 22.8. The number of benzene rings is 3. The van der Waals surface area contributed by atoms with E-state index in [4.69, 9.17) is 14.2 Å². The zero-order valence-corrected chi connectivity index (χ0v) is 16.5.